The molecule has 0 aliphatic rings. The van der Waals surface area contributed by atoms with Crippen LogP contribution in [-0.2, 0) is 11.3 Å². The summed E-state index contributed by atoms with van der Waals surface area (Å²) in [5.74, 6) is 0.000247. The lowest BCUT2D eigenvalue weighted by molar-refractivity contribution is -0.118. The van der Waals surface area contributed by atoms with Gasteiger partial charge in [0.15, 0.2) is 0 Å². The molecule has 0 saturated carbocycles. The van der Waals surface area contributed by atoms with Gasteiger partial charge in [-0.15, -0.1) is 0 Å². The number of halogens is 1. The van der Waals surface area contributed by atoms with Crippen molar-refractivity contribution in [1.29, 1.82) is 0 Å². The van der Waals surface area contributed by atoms with Crippen LogP contribution in [0.2, 0.25) is 5.02 Å². The molecule has 2 aromatic rings. The summed E-state index contributed by atoms with van der Waals surface area (Å²) in [7, 11) is 0. The molecule has 2 aromatic carbocycles. The standard InChI is InChI=1S/C17H19ClN2O/c1-12(2)17(21)20-16-8-6-15(7-9-16)19-11-13-4-3-5-14(18)10-13/h3-10,12,19H,11H2,1-2H3,(H,20,21). The molecular formula is C17H19ClN2O. The summed E-state index contributed by atoms with van der Waals surface area (Å²) in [6.45, 7) is 4.45. The van der Waals surface area contributed by atoms with Crippen molar-refractivity contribution in [2.24, 2.45) is 5.92 Å². The van der Waals surface area contributed by atoms with Gasteiger partial charge in [-0.1, -0.05) is 37.6 Å². The highest BCUT2D eigenvalue weighted by atomic mass is 35.5. The number of anilines is 2. The van der Waals surface area contributed by atoms with Crippen molar-refractivity contribution in [2.75, 3.05) is 10.6 Å². The summed E-state index contributed by atoms with van der Waals surface area (Å²) < 4.78 is 0. The van der Waals surface area contributed by atoms with Gasteiger partial charge in [-0.2, -0.15) is 0 Å². The maximum atomic E-state index is 11.6. The second kappa shape index (κ2) is 7.14. The van der Waals surface area contributed by atoms with Gasteiger partial charge in [-0.25, -0.2) is 0 Å². The molecule has 0 heterocycles. The number of hydrogen-bond acceptors (Lipinski definition) is 2. The van der Waals surface area contributed by atoms with Crippen LogP contribution in [-0.4, -0.2) is 5.91 Å². The lowest BCUT2D eigenvalue weighted by atomic mass is 10.2. The van der Waals surface area contributed by atoms with E-state index in [9.17, 15) is 4.79 Å². The highest BCUT2D eigenvalue weighted by molar-refractivity contribution is 6.30. The minimum atomic E-state index is -0.0226. The molecule has 2 N–H and O–H groups in total. The van der Waals surface area contributed by atoms with Crippen LogP contribution in [0.4, 0.5) is 11.4 Å². The van der Waals surface area contributed by atoms with E-state index in [4.69, 9.17) is 11.6 Å². The fourth-order valence-corrected chi connectivity index (χ4v) is 2.02. The Balaban J connectivity index is 1.92. The zero-order chi connectivity index (χ0) is 15.2. The summed E-state index contributed by atoms with van der Waals surface area (Å²) in [5, 5.41) is 6.92. The number of amides is 1. The Labute approximate surface area is 130 Å². The maximum Gasteiger partial charge on any atom is 0.226 e. The molecule has 2 rings (SSSR count). The Morgan fingerprint density at radius 1 is 1.10 bits per heavy atom. The smallest absolute Gasteiger partial charge is 0.226 e. The van der Waals surface area contributed by atoms with E-state index in [1.165, 1.54) is 0 Å². The predicted octanol–water partition coefficient (Wildman–Crippen LogP) is 4.55. The molecule has 0 aliphatic carbocycles. The second-order valence-electron chi connectivity index (χ2n) is 5.20. The van der Waals surface area contributed by atoms with E-state index in [1.807, 2.05) is 62.4 Å². The molecule has 21 heavy (non-hydrogen) atoms. The Kier molecular flexibility index (Phi) is 5.23. The molecule has 0 aromatic heterocycles. The number of carbonyl (C=O) groups is 1. The third-order valence-electron chi connectivity index (χ3n) is 3.06. The first-order valence-corrected chi connectivity index (χ1v) is 7.31. The van der Waals surface area contributed by atoms with E-state index in [2.05, 4.69) is 10.6 Å². The molecule has 110 valence electrons. The average molecular weight is 303 g/mol. The van der Waals surface area contributed by atoms with E-state index in [-0.39, 0.29) is 11.8 Å². The molecule has 4 heteroatoms. The van der Waals surface area contributed by atoms with Crippen molar-refractivity contribution in [3.05, 3.63) is 59.1 Å². The molecule has 0 aliphatic heterocycles. The summed E-state index contributed by atoms with van der Waals surface area (Å²) >= 11 is 5.95. The third-order valence-corrected chi connectivity index (χ3v) is 3.30. The van der Waals surface area contributed by atoms with Crippen molar-refractivity contribution >= 4 is 28.9 Å². The van der Waals surface area contributed by atoms with E-state index < -0.39 is 0 Å². The van der Waals surface area contributed by atoms with Crippen LogP contribution < -0.4 is 10.6 Å². The predicted molar refractivity (Wildman–Crippen MR) is 88.7 cm³/mol. The topological polar surface area (TPSA) is 41.1 Å². The van der Waals surface area contributed by atoms with Crippen LogP contribution in [0, 0.1) is 5.92 Å². The number of carbonyl (C=O) groups excluding carboxylic acids is 1. The van der Waals surface area contributed by atoms with Gasteiger partial charge >= 0.3 is 0 Å². The highest BCUT2D eigenvalue weighted by Gasteiger charge is 2.06. The molecule has 0 bridgehead atoms. The number of rotatable bonds is 5. The molecule has 0 unspecified atom stereocenters. The summed E-state index contributed by atoms with van der Waals surface area (Å²) in [6.07, 6.45) is 0. The Morgan fingerprint density at radius 3 is 2.38 bits per heavy atom. The Hall–Kier alpha value is -2.00. The summed E-state index contributed by atoms with van der Waals surface area (Å²) in [4.78, 5) is 11.6. The highest BCUT2D eigenvalue weighted by Crippen LogP contribution is 2.16. The number of nitrogens with one attached hydrogen (secondary N) is 2. The minimum absolute atomic E-state index is 0.0226. The van der Waals surface area contributed by atoms with Crippen LogP contribution in [0.5, 0.6) is 0 Å². The van der Waals surface area contributed by atoms with Crippen molar-refractivity contribution in [2.45, 2.75) is 20.4 Å². The van der Waals surface area contributed by atoms with Crippen LogP contribution in [0.25, 0.3) is 0 Å². The zero-order valence-electron chi connectivity index (χ0n) is 12.2. The average Bonchev–Trinajstić information content (AvgIpc) is 2.46. The van der Waals surface area contributed by atoms with Crippen LogP contribution in [0.3, 0.4) is 0 Å². The van der Waals surface area contributed by atoms with Crippen molar-refractivity contribution in [3.63, 3.8) is 0 Å². The van der Waals surface area contributed by atoms with Gasteiger partial charge in [-0.3, -0.25) is 4.79 Å². The Bertz CT molecular complexity index is 608. The maximum absolute atomic E-state index is 11.6. The molecule has 0 fully saturated rings. The fourth-order valence-electron chi connectivity index (χ4n) is 1.81. The van der Waals surface area contributed by atoms with Gasteiger partial charge < -0.3 is 10.6 Å². The molecule has 0 saturated heterocycles. The molecular weight excluding hydrogens is 284 g/mol. The van der Waals surface area contributed by atoms with Gasteiger partial charge in [0.25, 0.3) is 0 Å². The van der Waals surface area contributed by atoms with Crippen molar-refractivity contribution < 1.29 is 4.79 Å². The lowest BCUT2D eigenvalue weighted by Gasteiger charge is -2.10. The SMILES string of the molecule is CC(C)C(=O)Nc1ccc(NCc2cccc(Cl)c2)cc1. The molecule has 0 atom stereocenters. The van der Waals surface area contributed by atoms with Gasteiger partial charge in [0.05, 0.1) is 0 Å². The summed E-state index contributed by atoms with van der Waals surface area (Å²) in [5.41, 5.74) is 2.93. The molecule has 1 amide bonds. The van der Waals surface area contributed by atoms with E-state index >= 15 is 0 Å². The summed E-state index contributed by atoms with van der Waals surface area (Å²) in [6, 6.07) is 15.4. The lowest BCUT2D eigenvalue weighted by Crippen LogP contribution is -2.17. The number of benzene rings is 2. The second-order valence-corrected chi connectivity index (χ2v) is 5.64. The van der Waals surface area contributed by atoms with Gasteiger partial charge in [0.2, 0.25) is 5.91 Å². The fraction of sp³-hybridized carbons (Fsp3) is 0.235. The molecule has 0 spiro atoms. The zero-order valence-corrected chi connectivity index (χ0v) is 12.9. The van der Waals surface area contributed by atoms with Crippen LogP contribution in [0.1, 0.15) is 19.4 Å². The van der Waals surface area contributed by atoms with Crippen LogP contribution >= 0.6 is 11.6 Å². The van der Waals surface area contributed by atoms with Crippen molar-refractivity contribution in [3.8, 4) is 0 Å². The van der Waals surface area contributed by atoms with Gasteiger partial charge in [0.1, 0.15) is 0 Å². The Morgan fingerprint density at radius 2 is 1.76 bits per heavy atom. The van der Waals surface area contributed by atoms with E-state index in [1.54, 1.807) is 0 Å². The first kappa shape index (κ1) is 15.4. The van der Waals surface area contributed by atoms with Crippen molar-refractivity contribution in [1.82, 2.24) is 0 Å². The van der Waals surface area contributed by atoms with Crippen LogP contribution in [0.15, 0.2) is 48.5 Å². The largest absolute Gasteiger partial charge is 0.381 e. The first-order valence-electron chi connectivity index (χ1n) is 6.94. The normalized spacial score (nSPS) is 10.5. The number of hydrogen-bond donors (Lipinski definition) is 2. The van der Waals surface area contributed by atoms with Gasteiger partial charge in [0, 0.05) is 28.9 Å². The van der Waals surface area contributed by atoms with E-state index in [0.717, 1.165) is 22.0 Å². The first-order chi connectivity index (χ1) is 10.0. The molecule has 3 nitrogen and oxygen atoms in total. The van der Waals surface area contributed by atoms with E-state index in [0.29, 0.717) is 6.54 Å². The third kappa shape index (κ3) is 4.80. The quantitative estimate of drug-likeness (QED) is 0.851. The minimum Gasteiger partial charge on any atom is -0.381 e. The monoisotopic (exact) mass is 302 g/mol. The van der Waals surface area contributed by atoms with Gasteiger partial charge in [-0.05, 0) is 42.0 Å². The molecule has 0 radical (unpaired) electrons.